The second-order valence-corrected chi connectivity index (χ2v) is 4.14. The minimum Gasteiger partial charge on any atom is -0.475 e. The summed E-state index contributed by atoms with van der Waals surface area (Å²) in [4.78, 5) is 4.23. The number of ether oxygens (including phenoxy) is 1. The van der Waals surface area contributed by atoms with Crippen molar-refractivity contribution in [1.82, 2.24) is 10.3 Å². The minimum absolute atomic E-state index is 0.0992. The summed E-state index contributed by atoms with van der Waals surface area (Å²) in [7, 11) is 0. The van der Waals surface area contributed by atoms with E-state index in [1.54, 1.807) is 6.20 Å². The van der Waals surface area contributed by atoms with Gasteiger partial charge in [-0.25, -0.2) is 4.98 Å². The van der Waals surface area contributed by atoms with Crippen molar-refractivity contribution in [2.75, 3.05) is 0 Å². The second-order valence-electron chi connectivity index (χ2n) is 4.14. The smallest absolute Gasteiger partial charge is 0.218 e. The molecule has 0 aliphatic heterocycles. The van der Waals surface area contributed by atoms with E-state index in [1.165, 1.54) is 0 Å². The Morgan fingerprint density at radius 1 is 1.53 bits per heavy atom. The van der Waals surface area contributed by atoms with E-state index in [0.29, 0.717) is 12.4 Å². The number of aromatic nitrogens is 1. The van der Waals surface area contributed by atoms with Gasteiger partial charge < -0.3 is 4.74 Å². The average molecular weight is 232 g/mol. The van der Waals surface area contributed by atoms with Crippen molar-refractivity contribution in [2.24, 2.45) is 0 Å². The van der Waals surface area contributed by atoms with Gasteiger partial charge in [0.15, 0.2) is 0 Å². The Balaban J connectivity index is 2.67. The zero-order chi connectivity index (χ0) is 12.7. The van der Waals surface area contributed by atoms with E-state index in [-0.39, 0.29) is 12.1 Å². The van der Waals surface area contributed by atoms with E-state index in [0.717, 1.165) is 12.0 Å². The van der Waals surface area contributed by atoms with Gasteiger partial charge in [-0.05, 0) is 26.3 Å². The quantitative estimate of drug-likeness (QED) is 0.765. The van der Waals surface area contributed by atoms with Crippen LogP contribution in [0.4, 0.5) is 0 Å². The Morgan fingerprint density at radius 2 is 2.29 bits per heavy atom. The molecule has 3 heteroatoms. The first-order chi connectivity index (χ1) is 8.17. The van der Waals surface area contributed by atoms with Crippen LogP contribution in [0.25, 0.3) is 0 Å². The lowest BCUT2D eigenvalue weighted by Gasteiger charge is -2.15. The molecule has 3 nitrogen and oxygen atoms in total. The maximum absolute atomic E-state index is 5.64. The molecule has 1 N–H and O–H groups in total. The van der Waals surface area contributed by atoms with Gasteiger partial charge in [0.25, 0.3) is 0 Å². The zero-order valence-electron chi connectivity index (χ0n) is 10.7. The highest BCUT2D eigenvalue weighted by Gasteiger charge is 2.08. The van der Waals surface area contributed by atoms with Gasteiger partial charge in [0.2, 0.25) is 5.88 Å². The maximum Gasteiger partial charge on any atom is 0.218 e. The highest BCUT2D eigenvalue weighted by Crippen LogP contribution is 2.15. The van der Waals surface area contributed by atoms with Crippen LogP contribution < -0.4 is 10.1 Å². The van der Waals surface area contributed by atoms with Gasteiger partial charge in [-0.3, -0.25) is 5.32 Å². The fourth-order valence-corrected chi connectivity index (χ4v) is 1.44. The van der Waals surface area contributed by atoms with E-state index in [4.69, 9.17) is 11.2 Å². The van der Waals surface area contributed by atoms with Crippen molar-refractivity contribution in [3.63, 3.8) is 0 Å². The van der Waals surface area contributed by atoms with Crippen LogP contribution in [-0.4, -0.2) is 17.1 Å². The number of hydrogen-bond acceptors (Lipinski definition) is 3. The van der Waals surface area contributed by atoms with Crippen molar-refractivity contribution in [3.05, 3.63) is 23.9 Å². The van der Waals surface area contributed by atoms with Crippen LogP contribution in [-0.2, 0) is 6.54 Å². The molecule has 0 bridgehead atoms. The fraction of sp³-hybridized carbons (Fsp3) is 0.500. The standard InChI is InChI=1S/C14H20N2O/c1-5-13(6-2)16-10-12-8-7-9-15-14(12)17-11(3)4/h1,7-9,11,13,16H,6,10H2,2-4H3. The molecule has 0 saturated heterocycles. The largest absolute Gasteiger partial charge is 0.475 e. The summed E-state index contributed by atoms with van der Waals surface area (Å²) in [6, 6.07) is 4.00. The van der Waals surface area contributed by atoms with E-state index < -0.39 is 0 Å². The van der Waals surface area contributed by atoms with Crippen molar-refractivity contribution in [3.8, 4) is 18.2 Å². The third-order valence-corrected chi connectivity index (χ3v) is 2.35. The third-order valence-electron chi connectivity index (χ3n) is 2.35. The summed E-state index contributed by atoms with van der Waals surface area (Å²) in [6.45, 7) is 6.72. The van der Waals surface area contributed by atoms with Crippen LogP contribution in [0.15, 0.2) is 18.3 Å². The number of hydrogen-bond donors (Lipinski definition) is 1. The molecule has 0 aliphatic rings. The van der Waals surface area contributed by atoms with Crippen molar-refractivity contribution in [1.29, 1.82) is 0 Å². The van der Waals surface area contributed by atoms with Crippen LogP contribution in [0.5, 0.6) is 5.88 Å². The normalized spacial score (nSPS) is 12.2. The molecule has 0 aromatic carbocycles. The molecule has 1 atom stereocenters. The predicted octanol–water partition coefficient (Wildman–Crippen LogP) is 2.37. The van der Waals surface area contributed by atoms with Crippen molar-refractivity contribution >= 4 is 0 Å². The van der Waals surface area contributed by atoms with Crippen LogP contribution in [0.2, 0.25) is 0 Å². The Labute approximate surface area is 104 Å². The lowest BCUT2D eigenvalue weighted by molar-refractivity contribution is 0.229. The summed E-state index contributed by atoms with van der Waals surface area (Å²) < 4.78 is 5.64. The summed E-state index contributed by atoms with van der Waals surface area (Å²) in [6.07, 6.45) is 8.18. The average Bonchev–Trinajstić information content (AvgIpc) is 2.31. The molecular weight excluding hydrogens is 212 g/mol. The lowest BCUT2D eigenvalue weighted by atomic mass is 10.2. The summed E-state index contributed by atoms with van der Waals surface area (Å²) in [5, 5.41) is 3.29. The summed E-state index contributed by atoms with van der Waals surface area (Å²) >= 11 is 0. The minimum atomic E-state index is 0.0992. The Hall–Kier alpha value is -1.53. The van der Waals surface area contributed by atoms with Crippen LogP contribution in [0.3, 0.4) is 0 Å². The molecular formula is C14H20N2O. The Kier molecular flexibility index (Phi) is 5.51. The zero-order valence-corrected chi connectivity index (χ0v) is 10.7. The molecule has 1 aromatic heterocycles. The number of nitrogens with one attached hydrogen (secondary N) is 1. The molecule has 1 unspecified atom stereocenters. The van der Waals surface area contributed by atoms with Gasteiger partial charge in [0.1, 0.15) is 0 Å². The van der Waals surface area contributed by atoms with Gasteiger partial charge in [0, 0.05) is 18.3 Å². The number of nitrogens with zero attached hydrogens (tertiary/aromatic N) is 1. The van der Waals surface area contributed by atoms with Gasteiger partial charge in [-0.1, -0.05) is 18.9 Å². The van der Waals surface area contributed by atoms with E-state index in [1.807, 2.05) is 26.0 Å². The molecule has 92 valence electrons. The third kappa shape index (κ3) is 4.46. The second kappa shape index (κ2) is 6.93. The molecule has 1 rings (SSSR count). The molecule has 0 amide bonds. The molecule has 1 heterocycles. The van der Waals surface area contributed by atoms with Crippen molar-refractivity contribution in [2.45, 2.75) is 45.9 Å². The molecule has 1 aromatic rings. The van der Waals surface area contributed by atoms with Crippen molar-refractivity contribution < 1.29 is 4.74 Å². The summed E-state index contributed by atoms with van der Waals surface area (Å²) in [5.74, 6) is 3.39. The van der Waals surface area contributed by atoms with Crippen LogP contribution in [0, 0.1) is 12.3 Å². The molecule has 17 heavy (non-hydrogen) atoms. The molecule has 0 saturated carbocycles. The first-order valence-electron chi connectivity index (χ1n) is 5.97. The van der Waals surface area contributed by atoms with Gasteiger partial charge in [0.05, 0.1) is 12.1 Å². The number of pyridine rings is 1. The Bertz CT molecular complexity index is 382. The lowest BCUT2D eigenvalue weighted by Crippen LogP contribution is -2.26. The first kappa shape index (κ1) is 13.5. The monoisotopic (exact) mass is 232 g/mol. The van der Waals surface area contributed by atoms with E-state index in [2.05, 4.69) is 23.1 Å². The number of terminal acetylenes is 1. The maximum atomic E-state index is 5.64. The van der Waals surface area contributed by atoms with E-state index in [9.17, 15) is 0 Å². The highest BCUT2D eigenvalue weighted by molar-refractivity contribution is 5.25. The molecule has 0 radical (unpaired) electrons. The highest BCUT2D eigenvalue weighted by atomic mass is 16.5. The van der Waals surface area contributed by atoms with Crippen LogP contribution >= 0.6 is 0 Å². The van der Waals surface area contributed by atoms with Gasteiger partial charge >= 0.3 is 0 Å². The Morgan fingerprint density at radius 3 is 2.88 bits per heavy atom. The van der Waals surface area contributed by atoms with E-state index >= 15 is 0 Å². The molecule has 0 aliphatic carbocycles. The van der Waals surface area contributed by atoms with Crippen LogP contribution in [0.1, 0.15) is 32.8 Å². The first-order valence-corrected chi connectivity index (χ1v) is 5.97. The fourth-order valence-electron chi connectivity index (χ4n) is 1.44. The van der Waals surface area contributed by atoms with Gasteiger partial charge in [-0.15, -0.1) is 6.42 Å². The van der Waals surface area contributed by atoms with Gasteiger partial charge in [-0.2, -0.15) is 0 Å². The molecule has 0 fully saturated rings. The topological polar surface area (TPSA) is 34.2 Å². The summed E-state index contributed by atoms with van der Waals surface area (Å²) in [5.41, 5.74) is 1.04. The predicted molar refractivity (Wildman–Crippen MR) is 69.8 cm³/mol. The SMILES string of the molecule is C#CC(CC)NCc1cccnc1OC(C)C. The molecule has 0 spiro atoms. The number of rotatable bonds is 6.